The third-order valence-electron chi connectivity index (χ3n) is 2.91. The minimum Gasteiger partial charge on any atom is -1.00 e. The second-order valence-electron chi connectivity index (χ2n) is 4.50. The Hall–Kier alpha value is -0.390. The van der Waals surface area contributed by atoms with E-state index in [-0.39, 0.29) is 35.2 Å². The van der Waals surface area contributed by atoms with Crippen molar-refractivity contribution >= 4 is 0 Å². The molecule has 100 valence electrons. The summed E-state index contributed by atoms with van der Waals surface area (Å²) in [7, 11) is 1.96. The molecular weight excluding hydrogens is 284 g/mol. The largest absolute Gasteiger partial charge is 1.00 e. The van der Waals surface area contributed by atoms with Crippen molar-refractivity contribution in [3.63, 3.8) is 0 Å². The minimum absolute atomic E-state index is 0. The fraction of sp³-hybridized carbons (Fsp3) is 0.750. The lowest BCUT2D eigenvalue weighted by Gasteiger charge is -2.19. The topological polar surface area (TPSA) is 49.3 Å². The van der Waals surface area contributed by atoms with Crippen LogP contribution in [0.3, 0.4) is 0 Å². The van der Waals surface area contributed by atoms with Crippen molar-refractivity contribution < 1.29 is 31.8 Å². The zero-order valence-electron chi connectivity index (χ0n) is 10.8. The monoisotopic (exact) mass is 306 g/mol. The number of hydrogen-bond donors (Lipinski definition) is 2. The van der Waals surface area contributed by atoms with Crippen molar-refractivity contribution in [1.29, 1.82) is 0 Å². The Kier molecular flexibility index (Phi) is 7.66. The Labute approximate surface area is 114 Å². The maximum Gasteiger partial charge on any atom is 0.243 e. The SMILES string of the molecule is CCC(O)C(CCC(C)O)n1cc[n+](C)c1.[Br-]. The Bertz CT molecular complexity index is 315. The number of aromatic nitrogens is 2. The molecule has 1 aromatic heterocycles. The molecule has 0 radical (unpaired) electrons. The molecule has 0 saturated heterocycles. The molecule has 17 heavy (non-hydrogen) atoms. The third-order valence-corrected chi connectivity index (χ3v) is 2.91. The first-order chi connectivity index (χ1) is 7.54. The quantitative estimate of drug-likeness (QED) is 0.586. The summed E-state index contributed by atoms with van der Waals surface area (Å²) in [6.45, 7) is 3.76. The number of hydrogen-bond acceptors (Lipinski definition) is 2. The van der Waals surface area contributed by atoms with Gasteiger partial charge < -0.3 is 27.2 Å². The van der Waals surface area contributed by atoms with Crippen LogP contribution in [0.2, 0.25) is 0 Å². The summed E-state index contributed by atoms with van der Waals surface area (Å²) < 4.78 is 3.98. The van der Waals surface area contributed by atoms with Gasteiger partial charge in [0.05, 0.1) is 19.3 Å². The lowest BCUT2D eigenvalue weighted by Crippen LogP contribution is -3.00. The standard InChI is InChI=1S/C12H23N2O2.BrH/c1-4-12(16)11(6-5-10(2)15)14-8-7-13(3)9-14;/h7-12,15-16H,4-6H2,1-3H3;1H/q+1;/p-1. The van der Waals surface area contributed by atoms with E-state index in [1.165, 1.54) is 0 Å². The second kappa shape index (κ2) is 7.84. The van der Waals surface area contributed by atoms with Gasteiger partial charge in [-0.2, -0.15) is 0 Å². The molecule has 0 fully saturated rings. The summed E-state index contributed by atoms with van der Waals surface area (Å²) in [5.74, 6) is 0. The Morgan fingerprint density at radius 1 is 1.29 bits per heavy atom. The van der Waals surface area contributed by atoms with Crippen LogP contribution in [0, 0.1) is 0 Å². The molecular formula is C12H23BrN2O2. The molecule has 0 amide bonds. The van der Waals surface area contributed by atoms with Crippen molar-refractivity contribution in [2.24, 2.45) is 7.05 Å². The van der Waals surface area contributed by atoms with E-state index in [1.54, 1.807) is 6.92 Å². The molecule has 1 aromatic rings. The van der Waals surface area contributed by atoms with Gasteiger partial charge in [0.15, 0.2) is 0 Å². The van der Waals surface area contributed by atoms with E-state index in [9.17, 15) is 10.2 Å². The number of halogens is 1. The van der Waals surface area contributed by atoms with Crippen molar-refractivity contribution in [1.82, 2.24) is 4.57 Å². The normalized spacial score (nSPS) is 16.1. The Morgan fingerprint density at radius 3 is 2.35 bits per heavy atom. The number of nitrogens with zero attached hydrogens (tertiary/aromatic N) is 2. The number of aryl methyl sites for hydroxylation is 1. The van der Waals surface area contributed by atoms with Crippen LogP contribution in [-0.2, 0) is 7.05 Å². The second-order valence-corrected chi connectivity index (χ2v) is 4.50. The molecule has 0 aromatic carbocycles. The highest BCUT2D eigenvalue weighted by molar-refractivity contribution is 4.80. The van der Waals surface area contributed by atoms with Gasteiger partial charge in [-0.1, -0.05) is 6.92 Å². The van der Waals surface area contributed by atoms with Gasteiger partial charge in [-0.3, -0.25) is 0 Å². The van der Waals surface area contributed by atoms with Crippen LogP contribution in [0.5, 0.6) is 0 Å². The highest BCUT2D eigenvalue weighted by Gasteiger charge is 2.24. The van der Waals surface area contributed by atoms with Crippen LogP contribution in [0.1, 0.15) is 39.2 Å². The van der Waals surface area contributed by atoms with Gasteiger partial charge in [0, 0.05) is 0 Å². The van der Waals surface area contributed by atoms with Crippen LogP contribution < -0.4 is 21.5 Å². The molecule has 0 saturated carbocycles. The molecule has 4 nitrogen and oxygen atoms in total. The lowest BCUT2D eigenvalue weighted by molar-refractivity contribution is -0.671. The molecule has 3 unspecified atom stereocenters. The van der Waals surface area contributed by atoms with Gasteiger partial charge in [-0.05, 0) is 26.2 Å². The van der Waals surface area contributed by atoms with Crippen LogP contribution >= 0.6 is 0 Å². The number of rotatable bonds is 6. The summed E-state index contributed by atoms with van der Waals surface area (Å²) in [6.07, 6.45) is 7.45. The third kappa shape index (κ3) is 5.19. The first kappa shape index (κ1) is 16.6. The summed E-state index contributed by atoms with van der Waals surface area (Å²) in [5, 5.41) is 19.3. The molecule has 5 heteroatoms. The molecule has 0 spiro atoms. The average molecular weight is 307 g/mol. The number of aliphatic hydroxyl groups excluding tert-OH is 2. The van der Waals surface area contributed by atoms with Crippen molar-refractivity contribution in [3.05, 3.63) is 18.7 Å². The van der Waals surface area contributed by atoms with Crippen LogP contribution in [0.4, 0.5) is 0 Å². The number of aliphatic hydroxyl groups is 2. The van der Waals surface area contributed by atoms with Crippen LogP contribution in [0.15, 0.2) is 18.7 Å². The fourth-order valence-electron chi connectivity index (χ4n) is 1.89. The highest BCUT2D eigenvalue weighted by atomic mass is 79.9. The van der Waals surface area contributed by atoms with E-state index in [0.29, 0.717) is 6.42 Å². The van der Waals surface area contributed by atoms with Gasteiger partial charge >= 0.3 is 0 Å². The van der Waals surface area contributed by atoms with Gasteiger partial charge in [-0.15, -0.1) is 0 Å². The van der Waals surface area contributed by atoms with Crippen LogP contribution in [-0.4, -0.2) is 27.0 Å². The molecule has 3 atom stereocenters. The molecule has 0 aliphatic carbocycles. The van der Waals surface area contributed by atoms with E-state index in [0.717, 1.165) is 12.8 Å². The first-order valence-corrected chi connectivity index (χ1v) is 5.93. The van der Waals surface area contributed by atoms with Crippen molar-refractivity contribution in [3.8, 4) is 0 Å². The molecule has 2 N–H and O–H groups in total. The zero-order chi connectivity index (χ0) is 12.1. The van der Waals surface area contributed by atoms with Crippen molar-refractivity contribution in [2.45, 2.75) is 51.4 Å². The molecule has 0 aliphatic rings. The predicted molar refractivity (Wildman–Crippen MR) is 61.9 cm³/mol. The van der Waals surface area contributed by atoms with E-state index < -0.39 is 0 Å². The summed E-state index contributed by atoms with van der Waals surface area (Å²) in [5.41, 5.74) is 0. The fourth-order valence-corrected chi connectivity index (χ4v) is 1.89. The Morgan fingerprint density at radius 2 is 1.94 bits per heavy atom. The average Bonchev–Trinajstić information content (AvgIpc) is 2.64. The van der Waals surface area contributed by atoms with E-state index in [1.807, 2.05) is 41.8 Å². The van der Waals surface area contributed by atoms with E-state index >= 15 is 0 Å². The molecule has 1 heterocycles. The first-order valence-electron chi connectivity index (χ1n) is 5.93. The van der Waals surface area contributed by atoms with Crippen molar-refractivity contribution in [2.75, 3.05) is 0 Å². The zero-order valence-corrected chi connectivity index (χ0v) is 12.3. The molecule has 0 bridgehead atoms. The Balaban J connectivity index is 0.00000256. The maximum atomic E-state index is 9.98. The maximum absolute atomic E-state index is 9.98. The molecule has 0 aliphatic heterocycles. The lowest BCUT2D eigenvalue weighted by atomic mass is 10.0. The molecule has 1 rings (SSSR count). The highest BCUT2D eigenvalue weighted by Crippen LogP contribution is 2.20. The minimum atomic E-state index is -0.355. The summed E-state index contributed by atoms with van der Waals surface area (Å²) >= 11 is 0. The summed E-state index contributed by atoms with van der Waals surface area (Å²) in [6, 6.07) is 0.0563. The van der Waals surface area contributed by atoms with Gasteiger partial charge in [0.1, 0.15) is 18.4 Å². The van der Waals surface area contributed by atoms with Gasteiger partial charge in [0.2, 0.25) is 6.33 Å². The van der Waals surface area contributed by atoms with E-state index in [4.69, 9.17) is 0 Å². The smallest absolute Gasteiger partial charge is 0.243 e. The predicted octanol–water partition coefficient (Wildman–Crippen LogP) is -2.21. The van der Waals surface area contributed by atoms with Gasteiger partial charge in [-0.25, -0.2) is 9.13 Å². The van der Waals surface area contributed by atoms with E-state index in [2.05, 4.69) is 0 Å². The van der Waals surface area contributed by atoms with Crippen LogP contribution in [0.25, 0.3) is 0 Å². The van der Waals surface area contributed by atoms with Gasteiger partial charge in [0.25, 0.3) is 0 Å². The summed E-state index contributed by atoms with van der Waals surface area (Å²) in [4.78, 5) is 0. The number of imidazole rings is 1.